The van der Waals surface area contributed by atoms with E-state index in [-0.39, 0.29) is 42.4 Å². The molecule has 0 unspecified atom stereocenters. The first-order chi connectivity index (χ1) is 5.31. The number of hydrogen-bond acceptors (Lipinski definition) is 2. The van der Waals surface area contributed by atoms with Crippen molar-refractivity contribution in [2.75, 3.05) is 0 Å². The van der Waals surface area contributed by atoms with Gasteiger partial charge < -0.3 is 0 Å². The summed E-state index contributed by atoms with van der Waals surface area (Å²) in [6.45, 7) is 0. The zero-order valence-corrected chi connectivity index (χ0v) is 7.15. The molecule has 1 saturated carbocycles. The SMILES string of the molecule is O=S(=O)(O)C1CCC(F)(F)CC1.[NaH]. The van der Waals surface area contributed by atoms with Crippen molar-refractivity contribution >= 4 is 39.7 Å². The van der Waals surface area contributed by atoms with Crippen molar-refractivity contribution in [2.45, 2.75) is 36.9 Å². The summed E-state index contributed by atoms with van der Waals surface area (Å²) in [5.74, 6) is -2.75. The Labute approximate surface area is 97.9 Å². The quantitative estimate of drug-likeness (QED) is 0.529. The molecule has 0 aromatic carbocycles. The van der Waals surface area contributed by atoms with Crippen molar-refractivity contribution < 1.29 is 21.8 Å². The second-order valence-corrected chi connectivity index (χ2v) is 4.77. The molecule has 0 aromatic rings. The third-order valence-corrected chi connectivity index (χ3v) is 3.40. The first-order valence-corrected chi connectivity index (χ1v) is 5.16. The summed E-state index contributed by atoms with van der Waals surface area (Å²) in [7, 11) is -4.11. The van der Waals surface area contributed by atoms with Gasteiger partial charge in [0.1, 0.15) is 0 Å². The van der Waals surface area contributed by atoms with E-state index in [1.807, 2.05) is 0 Å². The summed E-state index contributed by atoms with van der Waals surface area (Å²) in [5.41, 5.74) is 0. The van der Waals surface area contributed by atoms with Crippen LogP contribution in [0.25, 0.3) is 0 Å². The number of halogens is 2. The topological polar surface area (TPSA) is 54.4 Å². The second-order valence-electron chi connectivity index (χ2n) is 3.07. The summed E-state index contributed by atoms with van der Waals surface area (Å²) in [5, 5.41) is -0.989. The van der Waals surface area contributed by atoms with E-state index in [9.17, 15) is 17.2 Å². The predicted molar refractivity (Wildman–Crippen MR) is 45.9 cm³/mol. The van der Waals surface area contributed by atoms with E-state index in [0.717, 1.165) is 0 Å². The Morgan fingerprint density at radius 2 is 1.62 bits per heavy atom. The van der Waals surface area contributed by atoms with E-state index in [1.165, 1.54) is 0 Å². The van der Waals surface area contributed by atoms with E-state index in [4.69, 9.17) is 4.55 Å². The Morgan fingerprint density at radius 3 is 1.92 bits per heavy atom. The summed E-state index contributed by atoms with van der Waals surface area (Å²) in [6.07, 6.45) is -1.19. The molecule has 0 amide bonds. The van der Waals surface area contributed by atoms with Crippen LogP contribution >= 0.6 is 0 Å². The Bertz CT molecular complexity index is 255. The molecule has 1 N–H and O–H groups in total. The summed E-state index contributed by atoms with van der Waals surface area (Å²) in [4.78, 5) is 0. The van der Waals surface area contributed by atoms with Gasteiger partial charge in [-0.05, 0) is 12.8 Å². The van der Waals surface area contributed by atoms with Gasteiger partial charge in [0.05, 0.1) is 5.25 Å². The molecule has 0 aliphatic heterocycles. The zero-order valence-electron chi connectivity index (χ0n) is 6.33. The maximum absolute atomic E-state index is 12.5. The number of hydrogen-bond donors (Lipinski definition) is 1. The van der Waals surface area contributed by atoms with Gasteiger partial charge in [-0.1, -0.05) is 0 Å². The van der Waals surface area contributed by atoms with Gasteiger partial charge in [-0.25, -0.2) is 8.78 Å². The number of rotatable bonds is 1. The van der Waals surface area contributed by atoms with Crippen LogP contribution in [0.3, 0.4) is 0 Å². The van der Waals surface area contributed by atoms with E-state index >= 15 is 0 Å². The molecule has 74 valence electrons. The Balaban J connectivity index is 0.00000144. The molecule has 0 bridgehead atoms. The summed E-state index contributed by atoms with van der Waals surface area (Å²) < 4.78 is 54.5. The normalized spacial score (nSPS) is 23.6. The third-order valence-electron chi connectivity index (χ3n) is 2.09. The van der Waals surface area contributed by atoms with Crippen molar-refractivity contribution in [3.8, 4) is 0 Å². The van der Waals surface area contributed by atoms with Gasteiger partial charge in [0, 0.05) is 12.8 Å². The average Bonchev–Trinajstić information content (AvgIpc) is 1.83. The van der Waals surface area contributed by atoms with Crippen LogP contribution in [-0.2, 0) is 10.1 Å². The summed E-state index contributed by atoms with van der Waals surface area (Å²) >= 11 is 0. The van der Waals surface area contributed by atoms with Gasteiger partial charge in [-0.2, -0.15) is 8.42 Å². The second kappa shape index (κ2) is 4.53. The molecule has 0 heterocycles. The van der Waals surface area contributed by atoms with Crippen LogP contribution in [0, 0.1) is 0 Å². The minimum absolute atomic E-state index is 0. The van der Waals surface area contributed by atoms with Crippen LogP contribution < -0.4 is 0 Å². The third kappa shape index (κ3) is 4.20. The molecular formula is C6H11F2NaO3S. The van der Waals surface area contributed by atoms with Gasteiger partial charge in [0.25, 0.3) is 10.1 Å². The molecule has 1 aliphatic rings. The Morgan fingerprint density at radius 1 is 1.23 bits per heavy atom. The van der Waals surface area contributed by atoms with Crippen molar-refractivity contribution in [3.63, 3.8) is 0 Å². The maximum atomic E-state index is 12.5. The van der Waals surface area contributed by atoms with Gasteiger partial charge >= 0.3 is 29.6 Å². The van der Waals surface area contributed by atoms with E-state index < -0.39 is 34.1 Å². The van der Waals surface area contributed by atoms with Crippen molar-refractivity contribution in [2.24, 2.45) is 0 Å². The molecule has 0 saturated heterocycles. The molecule has 0 aromatic heterocycles. The molecule has 0 spiro atoms. The van der Waals surface area contributed by atoms with Crippen molar-refractivity contribution in [3.05, 3.63) is 0 Å². The van der Waals surface area contributed by atoms with E-state index in [2.05, 4.69) is 0 Å². The van der Waals surface area contributed by atoms with Crippen LogP contribution in [-0.4, -0.2) is 53.7 Å². The van der Waals surface area contributed by atoms with Crippen LogP contribution in [0.1, 0.15) is 25.7 Å². The number of alkyl halides is 2. The molecule has 1 aliphatic carbocycles. The average molecular weight is 224 g/mol. The Hall–Kier alpha value is 0.770. The molecule has 13 heavy (non-hydrogen) atoms. The molecule has 0 atom stereocenters. The fourth-order valence-corrected chi connectivity index (χ4v) is 2.14. The molecule has 7 heteroatoms. The first kappa shape index (κ1) is 13.8. The van der Waals surface area contributed by atoms with E-state index in [0.29, 0.717) is 0 Å². The molecular weight excluding hydrogens is 213 g/mol. The molecule has 0 radical (unpaired) electrons. The van der Waals surface area contributed by atoms with Crippen molar-refractivity contribution in [1.29, 1.82) is 0 Å². The monoisotopic (exact) mass is 224 g/mol. The molecule has 1 rings (SSSR count). The van der Waals surface area contributed by atoms with Crippen LogP contribution in [0.5, 0.6) is 0 Å². The minimum atomic E-state index is -4.11. The predicted octanol–water partition coefficient (Wildman–Crippen LogP) is 0.804. The standard InChI is InChI=1S/C6H10F2O3S.Na.H/c7-6(8)3-1-5(2-4-6)12(9,10)11;;/h5H,1-4H2,(H,9,10,11);;. The van der Waals surface area contributed by atoms with Crippen LogP contribution in [0.2, 0.25) is 0 Å². The van der Waals surface area contributed by atoms with Crippen molar-refractivity contribution in [1.82, 2.24) is 0 Å². The first-order valence-electron chi connectivity index (χ1n) is 3.65. The van der Waals surface area contributed by atoms with Gasteiger partial charge in [-0.15, -0.1) is 0 Å². The van der Waals surface area contributed by atoms with Crippen LogP contribution in [0.4, 0.5) is 8.78 Å². The molecule has 3 nitrogen and oxygen atoms in total. The fraction of sp³-hybridized carbons (Fsp3) is 1.00. The van der Waals surface area contributed by atoms with Gasteiger partial charge in [0.2, 0.25) is 5.92 Å². The zero-order chi connectivity index (χ0) is 9.41. The summed E-state index contributed by atoms with van der Waals surface area (Å²) in [6, 6.07) is 0. The Kier molecular flexibility index (Phi) is 4.79. The fourth-order valence-electron chi connectivity index (χ4n) is 1.31. The van der Waals surface area contributed by atoms with Gasteiger partial charge in [-0.3, -0.25) is 4.55 Å². The van der Waals surface area contributed by atoms with Gasteiger partial charge in [0.15, 0.2) is 0 Å². The van der Waals surface area contributed by atoms with Crippen LogP contribution in [0.15, 0.2) is 0 Å². The van der Waals surface area contributed by atoms with E-state index in [1.54, 1.807) is 0 Å². The molecule has 1 fully saturated rings.